The molecule has 1 fully saturated rings. The zero-order valence-corrected chi connectivity index (χ0v) is 11.7. The molecular formula is C15H20N2O4. The van der Waals surface area contributed by atoms with Crippen LogP contribution < -0.4 is 10.6 Å². The lowest BCUT2D eigenvalue weighted by Gasteiger charge is -2.16. The lowest BCUT2D eigenvalue weighted by Crippen LogP contribution is -2.48. The number of aliphatic carboxylic acids is 1. The number of hydrogen-bond donors (Lipinski definition) is 3. The van der Waals surface area contributed by atoms with Gasteiger partial charge in [0.1, 0.15) is 6.04 Å². The predicted molar refractivity (Wildman–Crippen MR) is 77.0 cm³/mol. The van der Waals surface area contributed by atoms with Crippen LogP contribution in [0, 0.1) is 5.92 Å². The number of carboxylic acid groups (broad SMARTS) is 1. The summed E-state index contributed by atoms with van der Waals surface area (Å²) in [5, 5.41) is 14.4. The Bertz CT molecular complexity index is 472. The molecular weight excluding hydrogens is 272 g/mol. The van der Waals surface area contributed by atoms with Gasteiger partial charge in [-0.15, -0.1) is 0 Å². The van der Waals surface area contributed by atoms with Crippen molar-refractivity contribution < 1.29 is 19.4 Å². The zero-order chi connectivity index (χ0) is 15.1. The number of amides is 2. The Kier molecular flexibility index (Phi) is 5.57. The molecule has 2 rings (SSSR count). The van der Waals surface area contributed by atoms with Crippen LogP contribution >= 0.6 is 0 Å². The largest absolute Gasteiger partial charge is 0.480 e. The molecule has 0 aliphatic carbocycles. The Morgan fingerprint density at radius 2 is 2.10 bits per heavy atom. The third kappa shape index (κ3) is 5.07. The third-order valence-electron chi connectivity index (χ3n) is 3.46. The quantitative estimate of drug-likeness (QED) is 0.730. The van der Waals surface area contributed by atoms with Crippen LogP contribution in [-0.4, -0.2) is 42.9 Å². The topological polar surface area (TPSA) is 87.7 Å². The summed E-state index contributed by atoms with van der Waals surface area (Å²) in [5.74, 6) is -0.730. The Morgan fingerprint density at radius 1 is 1.33 bits per heavy atom. The van der Waals surface area contributed by atoms with Crippen LogP contribution in [-0.2, 0) is 16.0 Å². The Hall–Kier alpha value is -2.08. The second-order valence-electron chi connectivity index (χ2n) is 5.16. The van der Waals surface area contributed by atoms with Crippen molar-refractivity contribution in [1.82, 2.24) is 10.6 Å². The highest BCUT2D eigenvalue weighted by molar-refractivity contribution is 5.82. The Balaban J connectivity index is 1.81. The van der Waals surface area contributed by atoms with E-state index in [1.54, 1.807) is 0 Å². The summed E-state index contributed by atoms with van der Waals surface area (Å²) in [5.41, 5.74) is 0.870. The summed E-state index contributed by atoms with van der Waals surface area (Å²) in [6, 6.07) is 7.83. The van der Waals surface area contributed by atoms with Crippen molar-refractivity contribution in [2.45, 2.75) is 18.9 Å². The van der Waals surface area contributed by atoms with E-state index in [1.165, 1.54) is 0 Å². The first-order valence-corrected chi connectivity index (χ1v) is 7.04. The number of ether oxygens (including phenoxy) is 1. The van der Waals surface area contributed by atoms with Gasteiger partial charge in [-0.1, -0.05) is 30.3 Å². The van der Waals surface area contributed by atoms with Crippen molar-refractivity contribution in [3.63, 3.8) is 0 Å². The van der Waals surface area contributed by atoms with Crippen LogP contribution in [0.15, 0.2) is 30.3 Å². The second-order valence-corrected chi connectivity index (χ2v) is 5.16. The van der Waals surface area contributed by atoms with Gasteiger partial charge in [-0.05, 0) is 12.0 Å². The van der Waals surface area contributed by atoms with E-state index < -0.39 is 18.0 Å². The molecule has 0 aromatic heterocycles. The van der Waals surface area contributed by atoms with Gasteiger partial charge in [0.25, 0.3) is 0 Å². The highest BCUT2D eigenvalue weighted by Gasteiger charge is 2.21. The summed E-state index contributed by atoms with van der Waals surface area (Å²) < 4.78 is 5.22. The third-order valence-corrected chi connectivity index (χ3v) is 3.46. The van der Waals surface area contributed by atoms with Gasteiger partial charge in [0.15, 0.2) is 0 Å². The van der Waals surface area contributed by atoms with Crippen LogP contribution in [0.4, 0.5) is 4.79 Å². The molecule has 114 valence electrons. The fourth-order valence-corrected chi connectivity index (χ4v) is 2.24. The first-order chi connectivity index (χ1) is 10.1. The molecule has 0 spiro atoms. The molecule has 2 amide bonds. The molecule has 1 aliphatic heterocycles. The van der Waals surface area contributed by atoms with Crippen molar-refractivity contribution in [3.05, 3.63) is 35.9 Å². The van der Waals surface area contributed by atoms with Crippen molar-refractivity contribution in [2.75, 3.05) is 19.8 Å². The van der Waals surface area contributed by atoms with E-state index in [1.807, 2.05) is 30.3 Å². The van der Waals surface area contributed by atoms with E-state index in [4.69, 9.17) is 4.74 Å². The van der Waals surface area contributed by atoms with Crippen LogP contribution in [0.2, 0.25) is 0 Å². The maximum absolute atomic E-state index is 11.8. The van der Waals surface area contributed by atoms with Crippen LogP contribution in [0.1, 0.15) is 12.0 Å². The zero-order valence-electron chi connectivity index (χ0n) is 11.7. The number of carboxylic acids is 1. The minimum absolute atomic E-state index is 0.260. The summed E-state index contributed by atoms with van der Waals surface area (Å²) in [6.45, 7) is 1.87. The molecule has 1 aromatic carbocycles. The smallest absolute Gasteiger partial charge is 0.326 e. The minimum atomic E-state index is -1.04. The molecule has 1 unspecified atom stereocenters. The molecule has 1 aliphatic rings. The van der Waals surface area contributed by atoms with Crippen LogP contribution in [0.25, 0.3) is 0 Å². The van der Waals surface area contributed by atoms with E-state index in [0.717, 1.165) is 18.6 Å². The van der Waals surface area contributed by atoms with E-state index in [2.05, 4.69) is 10.6 Å². The summed E-state index contributed by atoms with van der Waals surface area (Å²) >= 11 is 0. The van der Waals surface area contributed by atoms with Gasteiger partial charge in [0.2, 0.25) is 0 Å². The standard InChI is InChI=1S/C15H20N2O4/c18-14(19)13(8-11-4-2-1-3-5-11)17-15(20)16-9-12-6-7-21-10-12/h1-5,12-13H,6-10H2,(H,18,19)(H2,16,17,20)/t12?,13-/m0/s1. The molecule has 6 heteroatoms. The van der Waals surface area contributed by atoms with Gasteiger partial charge in [-0.25, -0.2) is 9.59 Å². The van der Waals surface area contributed by atoms with E-state index >= 15 is 0 Å². The number of nitrogens with one attached hydrogen (secondary N) is 2. The van der Waals surface area contributed by atoms with E-state index in [9.17, 15) is 14.7 Å². The number of carbonyl (C=O) groups is 2. The van der Waals surface area contributed by atoms with Gasteiger partial charge in [-0.2, -0.15) is 0 Å². The van der Waals surface area contributed by atoms with Gasteiger partial charge >= 0.3 is 12.0 Å². The SMILES string of the molecule is O=C(NCC1CCOC1)N[C@@H](Cc1ccccc1)C(=O)O. The summed E-state index contributed by atoms with van der Waals surface area (Å²) in [4.78, 5) is 23.0. The predicted octanol–water partition coefficient (Wildman–Crippen LogP) is 1.02. The van der Waals surface area contributed by atoms with Gasteiger partial charge in [0, 0.05) is 25.5 Å². The molecule has 6 nitrogen and oxygen atoms in total. The molecule has 1 saturated heterocycles. The molecule has 2 atom stereocenters. The number of benzene rings is 1. The summed E-state index contributed by atoms with van der Waals surface area (Å²) in [6.07, 6.45) is 1.18. The first-order valence-electron chi connectivity index (χ1n) is 7.04. The minimum Gasteiger partial charge on any atom is -0.480 e. The van der Waals surface area contributed by atoms with Gasteiger partial charge in [-0.3, -0.25) is 0 Å². The second kappa shape index (κ2) is 7.64. The lowest BCUT2D eigenvalue weighted by atomic mass is 10.1. The molecule has 3 N–H and O–H groups in total. The highest BCUT2D eigenvalue weighted by Crippen LogP contribution is 2.10. The number of rotatable bonds is 6. The maximum Gasteiger partial charge on any atom is 0.326 e. The fourth-order valence-electron chi connectivity index (χ4n) is 2.24. The average molecular weight is 292 g/mol. The maximum atomic E-state index is 11.8. The molecule has 1 heterocycles. The normalized spacial score (nSPS) is 19.0. The first kappa shape index (κ1) is 15.3. The molecule has 0 bridgehead atoms. The monoisotopic (exact) mass is 292 g/mol. The van der Waals surface area contributed by atoms with Crippen molar-refractivity contribution in [2.24, 2.45) is 5.92 Å². The van der Waals surface area contributed by atoms with Crippen molar-refractivity contribution in [3.8, 4) is 0 Å². The number of urea groups is 1. The summed E-state index contributed by atoms with van der Waals surface area (Å²) in [7, 11) is 0. The van der Waals surface area contributed by atoms with Crippen LogP contribution in [0.3, 0.4) is 0 Å². The van der Waals surface area contributed by atoms with Crippen molar-refractivity contribution >= 4 is 12.0 Å². The van der Waals surface area contributed by atoms with E-state index in [0.29, 0.717) is 19.1 Å². The molecule has 1 aromatic rings. The number of carbonyl (C=O) groups excluding carboxylic acids is 1. The van der Waals surface area contributed by atoms with Gasteiger partial charge < -0.3 is 20.5 Å². The Morgan fingerprint density at radius 3 is 2.71 bits per heavy atom. The molecule has 0 radical (unpaired) electrons. The lowest BCUT2D eigenvalue weighted by molar-refractivity contribution is -0.139. The van der Waals surface area contributed by atoms with Crippen molar-refractivity contribution in [1.29, 1.82) is 0 Å². The van der Waals surface area contributed by atoms with Gasteiger partial charge in [0.05, 0.1) is 6.61 Å². The van der Waals surface area contributed by atoms with E-state index in [-0.39, 0.29) is 6.42 Å². The number of hydrogen-bond acceptors (Lipinski definition) is 3. The highest BCUT2D eigenvalue weighted by atomic mass is 16.5. The Labute approximate surface area is 123 Å². The average Bonchev–Trinajstić information content (AvgIpc) is 2.99. The van der Waals surface area contributed by atoms with Crippen LogP contribution in [0.5, 0.6) is 0 Å². The molecule has 21 heavy (non-hydrogen) atoms. The fraction of sp³-hybridized carbons (Fsp3) is 0.467. The molecule has 0 saturated carbocycles.